The van der Waals surface area contributed by atoms with Crippen molar-refractivity contribution in [1.29, 1.82) is 0 Å². The van der Waals surface area contributed by atoms with Crippen LogP contribution in [0.25, 0.3) is 21.8 Å². The van der Waals surface area contributed by atoms with E-state index in [2.05, 4.69) is 138 Å². The third-order valence-corrected chi connectivity index (χ3v) is 9.34. The van der Waals surface area contributed by atoms with Gasteiger partial charge in [-0.2, -0.15) is 0 Å². The molecule has 0 N–H and O–H groups in total. The Bertz CT molecular complexity index is 1930. The van der Waals surface area contributed by atoms with Gasteiger partial charge in [-0.15, -0.1) is 17.7 Å². The van der Waals surface area contributed by atoms with Gasteiger partial charge in [0.15, 0.2) is 5.43 Å². The smallest absolute Gasteiger partial charge is 0.190 e. The van der Waals surface area contributed by atoms with E-state index < -0.39 is 0 Å². The summed E-state index contributed by atoms with van der Waals surface area (Å²) in [5.74, 6) is 1.79. The molecule has 0 unspecified atom stereocenters. The maximum atomic E-state index is 12.0. The molecule has 5 heteroatoms. The molecule has 5 aromatic carbocycles. The summed E-state index contributed by atoms with van der Waals surface area (Å²) in [7, 11) is 0. The van der Waals surface area contributed by atoms with Gasteiger partial charge in [-0.3, -0.25) is 4.79 Å². The van der Waals surface area contributed by atoms with Crippen LogP contribution >= 0.6 is 0 Å². The second-order valence-corrected chi connectivity index (χ2v) is 14.0. The second kappa shape index (κ2) is 15.2. The Hall–Kier alpha value is -4.09. The summed E-state index contributed by atoms with van der Waals surface area (Å²) in [6.45, 7) is 20.7. The van der Waals surface area contributed by atoms with Crippen LogP contribution in [-0.4, -0.2) is 0 Å². The number of aromatic nitrogens is 1. The normalized spacial score (nSPS) is 12.6. The second-order valence-electron chi connectivity index (χ2n) is 14.0. The van der Waals surface area contributed by atoms with Crippen LogP contribution < -0.4 is 20.2 Å². The van der Waals surface area contributed by atoms with Crippen LogP contribution in [0.3, 0.4) is 0 Å². The molecule has 0 atom stereocenters. The summed E-state index contributed by atoms with van der Waals surface area (Å²) in [6, 6.07) is 37.4. The average molecular weight is 831 g/mol. The number of para-hydroxylation sites is 6. The van der Waals surface area contributed by atoms with Gasteiger partial charge < -0.3 is 14.8 Å². The molecule has 1 aliphatic rings. The molecule has 4 nitrogen and oxygen atoms in total. The van der Waals surface area contributed by atoms with Crippen LogP contribution in [0.15, 0.2) is 114 Å². The van der Waals surface area contributed by atoms with Crippen LogP contribution in [0, 0.1) is 6.67 Å². The summed E-state index contributed by atoms with van der Waals surface area (Å²) in [6.07, 6.45) is 0. The molecule has 1 aliphatic heterocycles. The summed E-state index contributed by atoms with van der Waals surface area (Å²) in [5, 5.41) is 1.38. The van der Waals surface area contributed by atoms with Crippen molar-refractivity contribution in [2.45, 2.75) is 79.1 Å². The Labute approximate surface area is 307 Å². The van der Waals surface area contributed by atoms with E-state index in [0.717, 1.165) is 11.0 Å². The fourth-order valence-electron chi connectivity index (χ4n) is 6.85. The first-order chi connectivity index (χ1) is 23.1. The van der Waals surface area contributed by atoms with Gasteiger partial charge in [0.25, 0.3) is 0 Å². The van der Waals surface area contributed by atoms with Gasteiger partial charge in [0.05, 0.1) is 0 Å². The fraction of sp³-hybridized carbons (Fsp3) is 0.273. The zero-order chi connectivity index (χ0) is 34.1. The number of benzene rings is 5. The minimum Gasteiger partial charge on any atom is -0.657 e. The number of anilines is 4. The third-order valence-electron chi connectivity index (χ3n) is 9.34. The van der Waals surface area contributed by atoms with Crippen molar-refractivity contribution in [1.82, 2.24) is 4.98 Å². The first kappa shape index (κ1) is 36.2. The van der Waals surface area contributed by atoms with Crippen LogP contribution in [0.1, 0.15) is 101 Å². The molecule has 0 fully saturated rings. The van der Waals surface area contributed by atoms with E-state index in [9.17, 15) is 4.79 Å². The number of hydrogen-bond donors (Lipinski definition) is 0. The third kappa shape index (κ3) is 7.01. The van der Waals surface area contributed by atoms with Crippen molar-refractivity contribution >= 4 is 44.6 Å². The molecule has 0 bridgehead atoms. The van der Waals surface area contributed by atoms with Crippen molar-refractivity contribution in [2.75, 3.05) is 9.80 Å². The van der Waals surface area contributed by atoms with Crippen LogP contribution in [0.2, 0.25) is 0 Å². The van der Waals surface area contributed by atoms with Gasteiger partial charge in [-0.05, 0) is 58.1 Å². The molecular formula is C44H47AuN3O-2. The first-order valence-corrected chi connectivity index (χ1v) is 17.3. The Balaban J connectivity index is 0.000000243. The minimum atomic E-state index is 0. The molecule has 257 valence electrons. The SMILES string of the molecule is CC(C)c1cccc(C(C)C)c1N1[CH-]N(c2c(C(C)C)cccc2C(C)C)c2ccccc21.O=c1c2ccccc2[n-]c2ccccc12.[Au]. The van der Waals surface area contributed by atoms with Crippen LogP contribution in [-0.2, 0) is 22.4 Å². The molecule has 7 rings (SSSR count). The summed E-state index contributed by atoms with van der Waals surface area (Å²) < 4.78 is 0. The largest absolute Gasteiger partial charge is 0.657 e. The Morgan fingerprint density at radius 2 is 0.796 bits per heavy atom. The summed E-state index contributed by atoms with van der Waals surface area (Å²) in [4.78, 5) is 21.4. The molecule has 0 spiro atoms. The van der Waals surface area contributed by atoms with E-state index in [4.69, 9.17) is 0 Å². The number of nitrogens with zero attached hydrogens (tertiary/aromatic N) is 3. The van der Waals surface area contributed by atoms with Gasteiger partial charge in [-0.1, -0.05) is 152 Å². The molecule has 2 heterocycles. The van der Waals surface area contributed by atoms with Crippen molar-refractivity contribution in [3.8, 4) is 0 Å². The van der Waals surface area contributed by atoms with Crippen molar-refractivity contribution in [3.05, 3.63) is 148 Å². The topological polar surface area (TPSA) is 37.7 Å². The van der Waals surface area contributed by atoms with E-state index in [0.29, 0.717) is 34.4 Å². The van der Waals surface area contributed by atoms with E-state index in [1.54, 1.807) is 0 Å². The quantitative estimate of drug-likeness (QED) is 0.0952. The van der Waals surface area contributed by atoms with Crippen LogP contribution in [0.5, 0.6) is 0 Å². The molecule has 6 aromatic rings. The van der Waals surface area contributed by atoms with E-state index in [-0.39, 0.29) is 27.8 Å². The summed E-state index contributed by atoms with van der Waals surface area (Å²) >= 11 is 0. The Kier molecular flexibility index (Phi) is 11.2. The van der Waals surface area contributed by atoms with Crippen molar-refractivity contribution < 1.29 is 22.4 Å². The Morgan fingerprint density at radius 1 is 0.469 bits per heavy atom. The van der Waals surface area contributed by atoms with Crippen molar-refractivity contribution in [3.63, 3.8) is 0 Å². The van der Waals surface area contributed by atoms with Crippen LogP contribution in [0.4, 0.5) is 22.7 Å². The summed E-state index contributed by atoms with van der Waals surface area (Å²) in [5.41, 5.74) is 12.4. The zero-order valence-corrected chi connectivity index (χ0v) is 32.0. The minimum absolute atomic E-state index is 0. The maximum absolute atomic E-state index is 12.0. The van der Waals surface area contributed by atoms with Gasteiger partial charge in [0.2, 0.25) is 0 Å². The van der Waals surface area contributed by atoms with Crippen molar-refractivity contribution in [2.24, 2.45) is 0 Å². The maximum Gasteiger partial charge on any atom is 0.190 e. The van der Waals surface area contributed by atoms with Gasteiger partial charge in [-0.25, -0.2) is 0 Å². The van der Waals surface area contributed by atoms with E-state index in [1.807, 2.05) is 48.5 Å². The molecule has 0 amide bonds. The molecule has 0 aliphatic carbocycles. The number of rotatable bonds is 6. The fourth-order valence-corrected chi connectivity index (χ4v) is 6.85. The molecule has 0 saturated carbocycles. The van der Waals surface area contributed by atoms with Gasteiger partial charge >= 0.3 is 0 Å². The van der Waals surface area contributed by atoms with E-state index >= 15 is 0 Å². The van der Waals surface area contributed by atoms with Gasteiger partial charge in [0.1, 0.15) is 0 Å². The number of fused-ring (bicyclic) bond motifs is 3. The standard InChI is InChI=1S/C31H39N2.C13H9NO.Au/c1-20(2)24-13-11-14-25(21(3)4)30(24)32-19-33(29-18-10-9-17-28(29)32)31-26(22(5)6)15-12-16-27(31)23(7)8;15-13-9-5-1-3-7-11(9)14-12-8-4-2-6-10(12)13;/h9-23H,1-8H3;1-8H,(H,14,15);/q-1;;/p-1. The molecule has 0 saturated heterocycles. The zero-order valence-electron chi connectivity index (χ0n) is 29.8. The number of pyridine rings is 1. The monoisotopic (exact) mass is 830 g/mol. The van der Waals surface area contributed by atoms with Gasteiger partial charge in [0, 0.05) is 55.9 Å². The predicted octanol–water partition coefficient (Wildman–Crippen LogP) is 11.9. The Morgan fingerprint density at radius 3 is 1.14 bits per heavy atom. The molecular weight excluding hydrogens is 783 g/mol. The predicted molar refractivity (Wildman–Crippen MR) is 205 cm³/mol. The average Bonchev–Trinajstić information content (AvgIpc) is 3.47. The molecule has 1 radical (unpaired) electrons. The van der Waals surface area contributed by atoms with E-state index in [1.165, 1.54) is 45.0 Å². The first-order valence-electron chi connectivity index (χ1n) is 17.3. The number of hydrogen-bond acceptors (Lipinski definition) is 3. The molecule has 49 heavy (non-hydrogen) atoms. The molecule has 1 aromatic heterocycles.